The Hall–Kier alpha value is -3.69. The van der Waals surface area contributed by atoms with Crippen LogP contribution >= 0.6 is 0 Å². The Kier molecular flexibility index (Phi) is 14.6. The molecule has 0 spiro atoms. The second kappa shape index (κ2) is 17.9. The highest BCUT2D eigenvalue weighted by Crippen LogP contribution is 2.51. The molecule has 3 rings (SSSR count). The molecule has 226 valence electrons. The van der Waals surface area contributed by atoms with Crippen molar-refractivity contribution in [2.24, 2.45) is 17.8 Å². The number of nitrogens with zero attached hydrogens (tertiary/aromatic N) is 2. The number of para-hydroxylation sites is 1. The molecule has 0 amide bonds. The average molecular weight is 577 g/mol. The summed E-state index contributed by atoms with van der Waals surface area (Å²) >= 11 is 0. The average Bonchev–Trinajstić information content (AvgIpc) is 3.52. The minimum absolute atomic E-state index is 0.0850. The Morgan fingerprint density at radius 2 is 1.88 bits per heavy atom. The van der Waals surface area contributed by atoms with Crippen LogP contribution in [-0.4, -0.2) is 60.7 Å². The zero-order chi connectivity index (χ0) is 30.2. The number of hydrogen-bond acceptors (Lipinski definition) is 10. The summed E-state index contributed by atoms with van der Waals surface area (Å²) in [6.07, 6.45) is 10.1. The van der Waals surface area contributed by atoms with Gasteiger partial charge in [-0.3, -0.25) is 0 Å². The number of aliphatic hydroxyl groups is 1. The van der Waals surface area contributed by atoms with Crippen molar-refractivity contribution in [1.82, 2.24) is 0 Å². The van der Waals surface area contributed by atoms with Gasteiger partial charge in [0.1, 0.15) is 31.4 Å². The Labute approximate surface area is 240 Å². The van der Waals surface area contributed by atoms with Crippen LogP contribution in [0.5, 0.6) is 5.75 Å². The van der Waals surface area contributed by atoms with Gasteiger partial charge < -0.3 is 29.0 Å². The second-order valence-electron chi connectivity index (χ2n) is 10.2. The largest absolute Gasteiger partial charge is 0.489 e. The van der Waals surface area contributed by atoms with Crippen molar-refractivity contribution in [1.29, 1.82) is 0 Å². The van der Waals surface area contributed by atoms with Crippen LogP contribution in [0.25, 0.3) is 0 Å². The Bertz CT molecular complexity index is 1070. The van der Waals surface area contributed by atoms with Crippen molar-refractivity contribution in [3.63, 3.8) is 0 Å². The summed E-state index contributed by atoms with van der Waals surface area (Å²) in [5.41, 5.74) is 2.52. The highest BCUT2D eigenvalue weighted by Gasteiger charge is 2.44. The van der Waals surface area contributed by atoms with Gasteiger partial charge in [-0.25, -0.2) is 0 Å². The lowest BCUT2D eigenvalue weighted by molar-refractivity contribution is -0.768. The molecular weight excluding hydrogens is 536 g/mol. The van der Waals surface area contributed by atoms with E-state index in [9.17, 15) is 30.1 Å². The van der Waals surface area contributed by atoms with Crippen molar-refractivity contribution in [2.75, 3.05) is 26.9 Å². The molecule has 1 N–H and O–H groups in total. The van der Waals surface area contributed by atoms with Crippen LogP contribution in [0.3, 0.4) is 0 Å². The summed E-state index contributed by atoms with van der Waals surface area (Å²) in [4.78, 5) is 38.3. The van der Waals surface area contributed by atoms with Gasteiger partial charge in [-0.1, -0.05) is 37.3 Å². The van der Waals surface area contributed by atoms with E-state index in [0.717, 1.165) is 44.1 Å². The summed E-state index contributed by atoms with van der Waals surface area (Å²) in [5, 5.41) is 28.1. The second-order valence-corrected chi connectivity index (χ2v) is 10.2. The predicted molar refractivity (Wildman–Crippen MR) is 149 cm³/mol. The molecule has 1 saturated carbocycles. The maximum Gasteiger partial charge on any atom is 0.294 e. The third-order valence-corrected chi connectivity index (χ3v) is 7.14. The molecule has 0 bridgehead atoms. The van der Waals surface area contributed by atoms with E-state index in [1.807, 2.05) is 19.9 Å². The normalized spacial score (nSPS) is 20.0. The minimum Gasteiger partial charge on any atom is -0.489 e. The van der Waals surface area contributed by atoms with Gasteiger partial charge in [0.2, 0.25) is 0 Å². The van der Waals surface area contributed by atoms with E-state index in [-0.39, 0.29) is 31.8 Å². The van der Waals surface area contributed by atoms with Crippen molar-refractivity contribution >= 4 is 6.29 Å². The zero-order valence-electron chi connectivity index (χ0n) is 23.8. The molecule has 2 aliphatic rings. The maximum absolute atomic E-state index is 10.6. The molecule has 41 heavy (non-hydrogen) atoms. The lowest BCUT2D eigenvalue weighted by Gasteiger charge is -2.17. The molecule has 0 radical (unpaired) electrons. The molecule has 12 heteroatoms. The fraction of sp³-hybridized carbons (Fsp3) is 0.621. The summed E-state index contributed by atoms with van der Waals surface area (Å²) in [5.74, 6) is 7.36. The number of fused-ring (bicyclic) bond motifs is 3. The summed E-state index contributed by atoms with van der Waals surface area (Å²) in [6.45, 7) is 3.36. The van der Waals surface area contributed by atoms with Gasteiger partial charge in [0, 0.05) is 37.4 Å². The molecule has 1 aliphatic heterocycles. The first-order valence-electron chi connectivity index (χ1n) is 13.7. The minimum atomic E-state index is -0.977. The van der Waals surface area contributed by atoms with Crippen LogP contribution in [0.1, 0.15) is 63.0 Å². The number of aliphatic hydroxyl groups excluding tert-OH is 1. The number of methoxy groups -OCH3 is 1. The standard InChI is InChI=1S/C24H30O3.C5H10N2O7/c1-3-4-8-17(2)21(26)14-12-18-13-15-22-23(18)20-11-7-10-19(24(20)27-22)9-5-6-16-25;1-12-2-5(3-13-6(8)9)4-14-7(10)11/h7,10-12,14,16-18,21-23,26H,5-6,8-9,13,15H2,1-2H3;5H,2-4H2,1H3/b14-12+;. The number of allylic oxidation sites excluding steroid dienone is 1. The van der Waals surface area contributed by atoms with Gasteiger partial charge in [-0.15, -0.1) is 32.1 Å². The summed E-state index contributed by atoms with van der Waals surface area (Å²) < 4.78 is 11.0. The number of aryl methyl sites for hydroxylation is 1. The number of hydrogen-bond donors (Lipinski definition) is 1. The smallest absolute Gasteiger partial charge is 0.294 e. The quantitative estimate of drug-likeness (QED) is 0.0758. The zero-order valence-corrected chi connectivity index (χ0v) is 23.8. The van der Waals surface area contributed by atoms with Gasteiger partial charge in [0.05, 0.1) is 12.7 Å². The highest BCUT2D eigenvalue weighted by molar-refractivity contribution is 5.51. The third kappa shape index (κ3) is 11.0. The molecule has 5 atom stereocenters. The molecule has 1 fully saturated rings. The SMILES string of the molecule is CC#CCC(C)C(O)/C=C/C1CCC2Oc3c(CCCC=O)cccc3C12.COCC(CO[N+](=O)[O-])CO[N+](=O)[O-]. The summed E-state index contributed by atoms with van der Waals surface area (Å²) in [7, 11) is 1.37. The molecule has 0 aromatic heterocycles. The van der Waals surface area contributed by atoms with Crippen LogP contribution in [0.2, 0.25) is 0 Å². The molecule has 1 aliphatic carbocycles. The van der Waals surface area contributed by atoms with Crippen LogP contribution < -0.4 is 4.74 Å². The Morgan fingerprint density at radius 3 is 2.49 bits per heavy atom. The Balaban J connectivity index is 0.000000357. The fourth-order valence-electron chi connectivity index (χ4n) is 5.05. The van der Waals surface area contributed by atoms with E-state index in [1.54, 1.807) is 0 Å². The number of ether oxygens (including phenoxy) is 2. The van der Waals surface area contributed by atoms with Crippen LogP contribution in [-0.2, 0) is 25.6 Å². The third-order valence-electron chi connectivity index (χ3n) is 7.14. The number of unbranched alkanes of at least 4 members (excludes halogenated alkanes) is 1. The first kappa shape index (κ1) is 33.5. The van der Waals surface area contributed by atoms with Gasteiger partial charge in [0.15, 0.2) is 0 Å². The van der Waals surface area contributed by atoms with E-state index >= 15 is 0 Å². The van der Waals surface area contributed by atoms with Crippen molar-refractivity contribution in [3.8, 4) is 17.6 Å². The van der Waals surface area contributed by atoms with Gasteiger partial charge in [-0.05, 0) is 50.0 Å². The first-order chi connectivity index (χ1) is 19.7. The molecule has 1 aromatic rings. The number of carbonyl (C=O) groups is 1. The molecule has 12 nitrogen and oxygen atoms in total. The van der Waals surface area contributed by atoms with E-state index in [1.165, 1.54) is 18.2 Å². The van der Waals surface area contributed by atoms with Crippen molar-refractivity contribution < 1.29 is 39.2 Å². The molecule has 1 heterocycles. The first-order valence-corrected chi connectivity index (χ1v) is 13.7. The molecule has 0 saturated heterocycles. The van der Waals surface area contributed by atoms with E-state index < -0.39 is 22.2 Å². The number of rotatable bonds is 16. The maximum atomic E-state index is 10.6. The predicted octanol–water partition coefficient (Wildman–Crippen LogP) is 4.10. The molecule has 5 unspecified atom stereocenters. The topological polar surface area (TPSA) is 161 Å². The number of aldehydes is 1. The van der Waals surface area contributed by atoms with Gasteiger partial charge in [-0.2, -0.15) is 0 Å². The van der Waals surface area contributed by atoms with E-state index in [4.69, 9.17) is 4.74 Å². The van der Waals surface area contributed by atoms with Crippen molar-refractivity contribution in [3.05, 3.63) is 61.7 Å². The lowest BCUT2D eigenvalue weighted by atomic mass is 9.86. The monoisotopic (exact) mass is 576 g/mol. The lowest BCUT2D eigenvalue weighted by Crippen LogP contribution is -2.24. The van der Waals surface area contributed by atoms with E-state index in [2.05, 4.69) is 50.5 Å². The molecule has 1 aromatic carbocycles. The number of benzene rings is 1. The van der Waals surface area contributed by atoms with Crippen LogP contribution in [0.4, 0.5) is 0 Å². The Morgan fingerprint density at radius 1 is 1.17 bits per heavy atom. The van der Waals surface area contributed by atoms with Crippen LogP contribution in [0.15, 0.2) is 30.4 Å². The van der Waals surface area contributed by atoms with E-state index in [0.29, 0.717) is 18.3 Å². The fourth-order valence-corrected chi connectivity index (χ4v) is 5.05. The summed E-state index contributed by atoms with van der Waals surface area (Å²) in [6, 6.07) is 6.42. The van der Waals surface area contributed by atoms with Crippen LogP contribution in [0, 0.1) is 49.8 Å². The number of carbonyl (C=O) groups excluding carboxylic acids is 1. The highest BCUT2D eigenvalue weighted by atomic mass is 17.0. The molecular formula is C29H40N2O10. The van der Waals surface area contributed by atoms with Gasteiger partial charge in [0.25, 0.3) is 10.2 Å². The van der Waals surface area contributed by atoms with Gasteiger partial charge >= 0.3 is 0 Å². The van der Waals surface area contributed by atoms with Crippen molar-refractivity contribution in [2.45, 2.75) is 70.5 Å².